The summed E-state index contributed by atoms with van der Waals surface area (Å²) in [6.07, 6.45) is 2.19. The second-order valence-corrected chi connectivity index (χ2v) is 8.15. The number of aromatic nitrogens is 2. The Hall–Kier alpha value is -2.57. The predicted octanol–water partition coefficient (Wildman–Crippen LogP) is 4.02. The maximum atomic E-state index is 12.5. The van der Waals surface area contributed by atoms with Gasteiger partial charge < -0.3 is 9.64 Å². The second-order valence-electron chi connectivity index (χ2n) is 7.16. The molecule has 2 heterocycles. The molecule has 2 aromatic carbocycles. The van der Waals surface area contributed by atoms with E-state index in [1.165, 1.54) is 0 Å². The minimum Gasteiger partial charge on any atom is -0.375 e. The molecule has 1 saturated heterocycles. The van der Waals surface area contributed by atoms with Crippen molar-refractivity contribution < 1.29 is 9.53 Å². The standard InChI is InChI=1S/C23H25N3O2S/c1-18-14-25(12-13-28-18)22(27)17-29-16-20-15-26(21-10-6-3-7-11-21)24-23(20)19-8-4-2-5-9-19/h2-11,15,18H,12-14,16-17H2,1H3/t18-/m0/s1. The Balaban J connectivity index is 1.48. The summed E-state index contributed by atoms with van der Waals surface area (Å²) in [6, 6.07) is 20.3. The van der Waals surface area contributed by atoms with Crippen molar-refractivity contribution in [2.45, 2.75) is 18.8 Å². The summed E-state index contributed by atoms with van der Waals surface area (Å²) in [6.45, 7) is 4.00. The maximum Gasteiger partial charge on any atom is 0.232 e. The molecule has 0 saturated carbocycles. The minimum atomic E-state index is 0.117. The fraction of sp³-hybridized carbons (Fsp3) is 0.304. The third kappa shape index (κ3) is 4.89. The highest BCUT2D eigenvalue weighted by atomic mass is 32.2. The lowest BCUT2D eigenvalue weighted by molar-refractivity contribution is -0.135. The fourth-order valence-corrected chi connectivity index (χ4v) is 4.34. The molecule has 1 aliphatic heterocycles. The summed E-state index contributed by atoms with van der Waals surface area (Å²) in [7, 11) is 0. The van der Waals surface area contributed by atoms with Crippen LogP contribution in [0, 0.1) is 0 Å². The minimum absolute atomic E-state index is 0.117. The highest BCUT2D eigenvalue weighted by Crippen LogP contribution is 2.27. The number of ether oxygens (including phenoxy) is 1. The second kappa shape index (κ2) is 9.29. The Bertz CT molecular complexity index is 943. The van der Waals surface area contributed by atoms with Gasteiger partial charge in [0.25, 0.3) is 0 Å². The van der Waals surface area contributed by atoms with Gasteiger partial charge in [-0.1, -0.05) is 48.5 Å². The van der Waals surface area contributed by atoms with E-state index in [1.807, 2.05) is 65.0 Å². The number of rotatable bonds is 6. The number of para-hydroxylation sites is 1. The molecule has 0 spiro atoms. The fourth-order valence-electron chi connectivity index (χ4n) is 3.45. The van der Waals surface area contributed by atoms with E-state index >= 15 is 0 Å². The Kier molecular flexibility index (Phi) is 6.32. The zero-order valence-electron chi connectivity index (χ0n) is 16.5. The van der Waals surface area contributed by atoms with Crippen LogP contribution in [0.3, 0.4) is 0 Å². The van der Waals surface area contributed by atoms with Crippen molar-refractivity contribution in [1.29, 1.82) is 0 Å². The Labute approximate surface area is 175 Å². The number of hydrogen-bond acceptors (Lipinski definition) is 4. The smallest absolute Gasteiger partial charge is 0.232 e. The summed E-state index contributed by atoms with van der Waals surface area (Å²) in [5, 5.41) is 4.84. The van der Waals surface area contributed by atoms with Crippen molar-refractivity contribution in [1.82, 2.24) is 14.7 Å². The first-order valence-electron chi connectivity index (χ1n) is 9.87. The van der Waals surface area contributed by atoms with E-state index in [1.54, 1.807) is 11.8 Å². The van der Waals surface area contributed by atoms with E-state index in [0.717, 1.165) is 28.3 Å². The lowest BCUT2D eigenvalue weighted by atomic mass is 10.1. The predicted molar refractivity (Wildman–Crippen MR) is 117 cm³/mol. The van der Waals surface area contributed by atoms with E-state index in [2.05, 4.69) is 18.3 Å². The highest BCUT2D eigenvalue weighted by Gasteiger charge is 2.21. The number of thioether (sulfide) groups is 1. The van der Waals surface area contributed by atoms with Crippen molar-refractivity contribution in [3.8, 4) is 16.9 Å². The molecule has 1 aliphatic rings. The van der Waals surface area contributed by atoms with Crippen molar-refractivity contribution >= 4 is 17.7 Å². The first-order valence-corrected chi connectivity index (χ1v) is 11.0. The number of nitrogens with zero attached hydrogens (tertiary/aromatic N) is 3. The Morgan fingerprint density at radius 1 is 1.14 bits per heavy atom. The van der Waals surface area contributed by atoms with Gasteiger partial charge in [0.05, 0.1) is 29.8 Å². The van der Waals surface area contributed by atoms with Crippen LogP contribution < -0.4 is 0 Å². The molecule has 4 rings (SSSR count). The molecular weight excluding hydrogens is 382 g/mol. The zero-order chi connectivity index (χ0) is 20.1. The number of benzene rings is 2. The third-order valence-electron chi connectivity index (χ3n) is 4.93. The Morgan fingerprint density at radius 2 is 1.86 bits per heavy atom. The highest BCUT2D eigenvalue weighted by molar-refractivity contribution is 7.99. The molecule has 29 heavy (non-hydrogen) atoms. The average molecular weight is 408 g/mol. The molecule has 0 bridgehead atoms. The molecular formula is C23H25N3O2S. The van der Waals surface area contributed by atoms with E-state index in [-0.39, 0.29) is 12.0 Å². The van der Waals surface area contributed by atoms with Gasteiger partial charge in [-0.25, -0.2) is 4.68 Å². The monoisotopic (exact) mass is 407 g/mol. The topological polar surface area (TPSA) is 47.4 Å². The number of carbonyl (C=O) groups excluding carboxylic acids is 1. The molecule has 5 nitrogen and oxygen atoms in total. The van der Waals surface area contributed by atoms with Gasteiger partial charge in [0, 0.05) is 36.2 Å². The normalized spacial score (nSPS) is 16.7. The molecule has 1 amide bonds. The zero-order valence-corrected chi connectivity index (χ0v) is 17.3. The number of carbonyl (C=O) groups is 1. The SMILES string of the molecule is C[C@H]1CN(C(=O)CSCc2cn(-c3ccccc3)nc2-c2ccccc2)CCO1. The van der Waals surface area contributed by atoms with Crippen LogP contribution in [0.2, 0.25) is 0 Å². The van der Waals surface area contributed by atoms with Gasteiger partial charge in [-0.15, -0.1) is 11.8 Å². The van der Waals surface area contributed by atoms with E-state index in [0.29, 0.717) is 25.4 Å². The van der Waals surface area contributed by atoms with Crippen LogP contribution in [0.4, 0.5) is 0 Å². The maximum absolute atomic E-state index is 12.5. The third-order valence-corrected chi connectivity index (χ3v) is 5.90. The van der Waals surface area contributed by atoms with Crippen LogP contribution in [0.1, 0.15) is 12.5 Å². The molecule has 0 aliphatic carbocycles. The van der Waals surface area contributed by atoms with E-state index in [9.17, 15) is 4.79 Å². The van der Waals surface area contributed by atoms with E-state index in [4.69, 9.17) is 9.84 Å². The van der Waals surface area contributed by atoms with Crippen molar-refractivity contribution in [3.63, 3.8) is 0 Å². The molecule has 1 fully saturated rings. The van der Waals surface area contributed by atoms with Gasteiger partial charge in [0.2, 0.25) is 5.91 Å². The summed E-state index contributed by atoms with van der Waals surface area (Å²) in [5.74, 6) is 1.39. The van der Waals surface area contributed by atoms with Crippen LogP contribution >= 0.6 is 11.8 Å². The van der Waals surface area contributed by atoms with Gasteiger partial charge in [-0.2, -0.15) is 5.10 Å². The number of morpholine rings is 1. The van der Waals surface area contributed by atoms with Gasteiger partial charge >= 0.3 is 0 Å². The van der Waals surface area contributed by atoms with Gasteiger partial charge in [0.15, 0.2) is 0 Å². The first-order chi connectivity index (χ1) is 14.2. The summed E-state index contributed by atoms with van der Waals surface area (Å²) >= 11 is 1.64. The lowest BCUT2D eigenvalue weighted by Gasteiger charge is -2.31. The van der Waals surface area contributed by atoms with Crippen molar-refractivity contribution in [2.75, 3.05) is 25.4 Å². The van der Waals surface area contributed by atoms with Crippen LogP contribution in [0.15, 0.2) is 66.9 Å². The first kappa shape index (κ1) is 19.7. The van der Waals surface area contributed by atoms with Crippen LogP contribution in [0.25, 0.3) is 16.9 Å². The molecule has 1 aromatic heterocycles. The van der Waals surface area contributed by atoms with Gasteiger partial charge in [-0.05, 0) is 19.1 Å². The summed E-state index contributed by atoms with van der Waals surface area (Å²) < 4.78 is 7.45. The molecule has 0 N–H and O–H groups in total. The summed E-state index contributed by atoms with van der Waals surface area (Å²) in [4.78, 5) is 14.5. The summed E-state index contributed by atoms with van der Waals surface area (Å²) in [5.41, 5.74) is 4.22. The average Bonchev–Trinajstić information content (AvgIpc) is 3.19. The molecule has 150 valence electrons. The molecule has 1 atom stereocenters. The van der Waals surface area contributed by atoms with Crippen molar-refractivity contribution in [2.24, 2.45) is 0 Å². The molecule has 0 radical (unpaired) electrons. The van der Waals surface area contributed by atoms with Gasteiger partial charge in [0.1, 0.15) is 0 Å². The van der Waals surface area contributed by atoms with Gasteiger partial charge in [-0.3, -0.25) is 4.79 Å². The van der Waals surface area contributed by atoms with Crippen molar-refractivity contribution in [3.05, 3.63) is 72.4 Å². The lowest BCUT2D eigenvalue weighted by Crippen LogP contribution is -2.45. The van der Waals surface area contributed by atoms with Crippen LogP contribution in [0.5, 0.6) is 0 Å². The number of amides is 1. The quantitative estimate of drug-likeness (QED) is 0.619. The van der Waals surface area contributed by atoms with Crippen LogP contribution in [-0.2, 0) is 15.3 Å². The van der Waals surface area contributed by atoms with E-state index < -0.39 is 0 Å². The largest absolute Gasteiger partial charge is 0.375 e. The van der Waals surface area contributed by atoms with Crippen LogP contribution in [-0.4, -0.2) is 52.1 Å². The molecule has 6 heteroatoms. The number of hydrogen-bond donors (Lipinski definition) is 0. The molecule has 3 aromatic rings. The Morgan fingerprint density at radius 3 is 2.59 bits per heavy atom. The molecule has 0 unspecified atom stereocenters.